The highest BCUT2D eigenvalue weighted by molar-refractivity contribution is 14.1. The van der Waals surface area contributed by atoms with Crippen LogP contribution < -0.4 is 0 Å². The van der Waals surface area contributed by atoms with Crippen LogP contribution in [0.15, 0.2) is 12.1 Å². The van der Waals surface area contributed by atoms with Gasteiger partial charge in [0.15, 0.2) is 0 Å². The number of Topliss-reactive ketones (excluding diaryl/α,β-unsaturated/α-hetero) is 1. The second-order valence-electron chi connectivity index (χ2n) is 10.2. The lowest BCUT2D eigenvalue weighted by atomic mass is 9.44. The first kappa shape index (κ1) is 21.9. The number of phenols is 2. The van der Waals surface area contributed by atoms with Gasteiger partial charge in [0.2, 0.25) is 0 Å². The lowest BCUT2D eigenvalue weighted by molar-refractivity contribution is -0.151. The Hall–Kier alpha value is -0.780. The van der Waals surface area contributed by atoms with Crippen molar-refractivity contribution in [2.45, 2.75) is 84.0 Å². The van der Waals surface area contributed by atoms with Gasteiger partial charge < -0.3 is 10.2 Å². The highest BCUT2D eigenvalue weighted by atomic mass is 127. The third-order valence-corrected chi connectivity index (χ3v) is 8.38. The van der Waals surface area contributed by atoms with E-state index in [1.165, 1.54) is 23.7 Å². The average molecular weight is 498 g/mol. The van der Waals surface area contributed by atoms with Crippen LogP contribution in [0.25, 0.3) is 0 Å². The first-order chi connectivity index (χ1) is 13.1. The third kappa shape index (κ3) is 3.95. The van der Waals surface area contributed by atoms with Crippen LogP contribution in [0, 0.1) is 17.3 Å². The summed E-state index contributed by atoms with van der Waals surface area (Å²) in [6.07, 6.45) is 7.29. The molecule has 3 atom stereocenters. The molecule has 3 saturated carbocycles. The summed E-state index contributed by atoms with van der Waals surface area (Å²) in [6, 6.07) is 3.67. The van der Waals surface area contributed by atoms with Crippen molar-refractivity contribution in [1.29, 1.82) is 0 Å². The summed E-state index contributed by atoms with van der Waals surface area (Å²) < 4.78 is 1.21. The smallest absolute Gasteiger partial charge is 0.137 e. The molecule has 0 amide bonds. The van der Waals surface area contributed by atoms with Crippen molar-refractivity contribution in [3.8, 4) is 11.5 Å². The Morgan fingerprint density at radius 2 is 1.71 bits per heavy atom. The number of aromatic hydroxyl groups is 2. The van der Waals surface area contributed by atoms with Crippen molar-refractivity contribution in [2.75, 3.05) is 4.43 Å². The number of phenolic OH excluding ortho intramolecular Hbond substituents is 2. The van der Waals surface area contributed by atoms with E-state index in [-0.39, 0.29) is 39.9 Å². The molecule has 3 aliphatic rings. The van der Waals surface area contributed by atoms with Crippen LogP contribution >= 0.6 is 22.6 Å². The second kappa shape index (κ2) is 8.16. The maximum Gasteiger partial charge on any atom is 0.137 e. The van der Waals surface area contributed by atoms with Crippen LogP contribution in [0.4, 0.5) is 0 Å². The zero-order valence-electron chi connectivity index (χ0n) is 17.7. The predicted molar refractivity (Wildman–Crippen MR) is 123 cm³/mol. The van der Waals surface area contributed by atoms with Gasteiger partial charge in [-0.05, 0) is 58.1 Å². The Labute approximate surface area is 183 Å². The number of ketones is 1. The van der Waals surface area contributed by atoms with Gasteiger partial charge in [-0.1, -0.05) is 69.5 Å². The van der Waals surface area contributed by atoms with Crippen LogP contribution in [0.2, 0.25) is 0 Å². The normalized spacial score (nSPS) is 26.2. The fourth-order valence-electron chi connectivity index (χ4n) is 5.55. The highest BCUT2D eigenvalue weighted by Crippen LogP contribution is 2.64. The van der Waals surface area contributed by atoms with Gasteiger partial charge in [0.25, 0.3) is 0 Å². The Balaban J connectivity index is 1.79. The maximum absolute atomic E-state index is 12.5. The summed E-state index contributed by atoms with van der Waals surface area (Å²) in [6.45, 7) is 8.67. The molecular weight excluding hydrogens is 463 g/mol. The first-order valence-electron chi connectivity index (χ1n) is 10.7. The number of unbranched alkanes of at least 4 members (excludes halogenated alkanes) is 3. The molecule has 0 spiro atoms. The number of hydrogen-bond donors (Lipinski definition) is 2. The largest absolute Gasteiger partial charge is 0.508 e. The number of hydrogen-bond acceptors (Lipinski definition) is 3. The van der Waals surface area contributed by atoms with Crippen molar-refractivity contribution >= 4 is 28.4 Å². The van der Waals surface area contributed by atoms with Gasteiger partial charge in [0, 0.05) is 23.8 Å². The molecule has 1 aromatic carbocycles. The fraction of sp³-hybridized carbons (Fsp3) is 0.708. The number of alkyl halides is 1. The van der Waals surface area contributed by atoms with E-state index in [1.807, 2.05) is 12.1 Å². The van der Waals surface area contributed by atoms with E-state index in [4.69, 9.17) is 0 Å². The van der Waals surface area contributed by atoms with Gasteiger partial charge in [-0.25, -0.2) is 0 Å². The number of carbonyl (C=O) groups excluding carboxylic acids is 1. The van der Waals surface area contributed by atoms with Gasteiger partial charge >= 0.3 is 0 Å². The monoisotopic (exact) mass is 498 g/mol. The molecule has 1 unspecified atom stereocenters. The zero-order valence-corrected chi connectivity index (χ0v) is 19.9. The van der Waals surface area contributed by atoms with Gasteiger partial charge in [-0.2, -0.15) is 0 Å². The van der Waals surface area contributed by atoms with E-state index in [9.17, 15) is 15.0 Å². The zero-order chi connectivity index (χ0) is 20.7. The molecule has 0 heterocycles. The summed E-state index contributed by atoms with van der Waals surface area (Å²) in [7, 11) is 0. The minimum Gasteiger partial charge on any atom is -0.508 e. The quantitative estimate of drug-likeness (QED) is 0.245. The molecule has 0 saturated heterocycles. The van der Waals surface area contributed by atoms with Crippen molar-refractivity contribution in [2.24, 2.45) is 17.3 Å². The molecule has 2 bridgehead atoms. The summed E-state index contributed by atoms with van der Waals surface area (Å²) in [5, 5.41) is 21.7. The van der Waals surface area contributed by atoms with Crippen molar-refractivity contribution in [1.82, 2.24) is 0 Å². The Morgan fingerprint density at radius 1 is 1.11 bits per heavy atom. The SMILES string of the molecule is CC(C)(CCCCCCI)c1cc(O)c([C@@H]2CC(=O)C3C[C@H]2C3(C)C)c(O)c1. The molecule has 3 fully saturated rings. The number of fused-ring (bicyclic) bond motifs is 2. The molecule has 4 heteroatoms. The van der Waals surface area contributed by atoms with Crippen LogP contribution in [0.3, 0.4) is 0 Å². The molecular formula is C24H35IO3. The van der Waals surface area contributed by atoms with Crippen LogP contribution in [-0.2, 0) is 10.2 Å². The summed E-state index contributed by atoms with van der Waals surface area (Å²) in [5.74, 6) is 1.04. The van der Waals surface area contributed by atoms with Crippen LogP contribution in [-0.4, -0.2) is 20.4 Å². The third-order valence-electron chi connectivity index (χ3n) is 7.61. The first-order valence-corrected chi connectivity index (χ1v) is 12.3. The van der Waals surface area contributed by atoms with Crippen molar-refractivity contribution in [3.63, 3.8) is 0 Å². The molecule has 3 nitrogen and oxygen atoms in total. The minimum atomic E-state index is -0.0962. The van der Waals surface area contributed by atoms with E-state index in [2.05, 4.69) is 50.3 Å². The number of benzene rings is 1. The topological polar surface area (TPSA) is 57.5 Å². The summed E-state index contributed by atoms with van der Waals surface area (Å²) in [5.41, 5.74) is 1.44. The van der Waals surface area contributed by atoms with Crippen LogP contribution in [0.5, 0.6) is 11.5 Å². The molecule has 156 valence electrons. The van der Waals surface area contributed by atoms with E-state index in [1.54, 1.807) is 0 Å². The second-order valence-corrected chi connectivity index (χ2v) is 11.2. The van der Waals surface area contributed by atoms with Gasteiger partial charge in [-0.3, -0.25) is 4.79 Å². The number of rotatable bonds is 8. The summed E-state index contributed by atoms with van der Waals surface area (Å²) >= 11 is 2.42. The Bertz CT molecular complexity index is 714. The molecule has 28 heavy (non-hydrogen) atoms. The average Bonchev–Trinajstić information content (AvgIpc) is 2.60. The Morgan fingerprint density at radius 3 is 2.25 bits per heavy atom. The predicted octanol–water partition coefficient (Wildman–Crippen LogP) is 6.48. The lowest BCUT2D eigenvalue weighted by Gasteiger charge is -2.59. The van der Waals surface area contributed by atoms with E-state index >= 15 is 0 Å². The van der Waals surface area contributed by atoms with Crippen molar-refractivity contribution in [3.05, 3.63) is 23.3 Å². The number of halogens is 1. The van der Waals surface area contributed by atoms with Gasteiger partial charge in [-0.15, -0.1) is 0 Å². The molecule has 0 aliphatic heterocycles. The highest BCUT2D eigenvalue weighted by Gasteiger charge is 2.59. The molecule has 0 radical (unpaired) electrons. The fourth-order valence-corrected chi connectivity index (χ4v) is 6.09. The van der Waals surface area contributed by atoms with Crippen molar-refractivity contribution < 1.29 is 15.0 Å². The van der Waals surface area contributed by atoms with Crippen LogP contribution in [0.1, 0.15) is 89.7 Å². The van der Waals surface area contributed by atoms with E-state index < -0.39 is 0 Å². The van der Waals surface area contributed by atoms with Gasteiger partial charge in [0.1, 0.15) is 17.3 Å². The Kier molecular flexibility index (Phi) is 6.38. The molecule has 3 aliphatic carbocycles. The maximum atomic E-state index is 12.5. The number of carbonyl (C=O) groups is 1. The van der Waals surface area contributed by atoms with Gasteiger partial charge in [0.05, 0.1) is 0 Å². The minimum absolute atomic E-state index is 0.0330. The molecule has 2 N–H and O–H groups in total. The lowest BCUT2D eigenvalue weighted by Crippen LogP contribution is -2.56. The molecule has 1 aromatic rings. The molecule has 4 rings (SSSR count). The van der Waals surface area contributed by atoms with E-state index in [0.29, 0.717) is 17.9 Å². The van der Waals surface area contributed by atoms with E-state index in [0.717, 1.165) is 24.8 Å². The standard InChI is InChI=1S/C24H35IO3/c1-23(2,9-7-5-6-8-10-25)15-11-20(27)22(21(28)12-15)16-13-19(26)18-14-17(16)24(18,3)4/h11-12,16-18,27-28H,5-10,13-14H2,1-4H3/t16-,17-,18?/m1/s1. The molecule has 0 aromatic heterocycles. The summed E-state index contributed by atoms with van der Waals surface area (Å²) in [4.78, 5) is 12.5.